The summed E-state index contributed by atoms with van der Waals surface area (Å²) in [6, 6.07) is 6.95. The Labute approximate surface area is 121 Å². The molecule has 1 aromatic carbocycles. The molecule has 1 aromatic rings. The molecule has 0 N–H and O–H groups in total. The summed E-state index contributed by atoms with van der Waals surface area (Å²) in [6.45, 7) is 9.92. The summed E-state index contributed by atoms with van der Waals surface area (Å²) in [6.07, 6.45) is 1.77. The molecule has 0 amide bonds. The third-order valence-corrected chi connectivity index (χ3v) is 5.48. The predicted octanol–water partition coefficient (Wildman–Crippen LogP) is 3.28. The Balaban J connectivity index is 1.91. The van der Waals surface area contributed by atoms with Gasteiger partial charge in [-0.1, -0.05) is 29.8 Å². The Morgan fingerprint density at radius 3 is 2.35 bits per heavy atom. The maximum absolute atomic E-state index is 12.2. The van der Waals surface area contributed by atoms with Crippen LogP contribution in [0.5, 0.6) is 0 Å². The average Bonchev–Trinajstić information content (AvgIpc) is 2.94. The highest BCUT2D eigenvalue weighted by molar-refractivity contribution is 7.91. The van der Waals surface area contributed by atoms with Crippen LogP contribution >= 0.6 is 0 Å². The summed E-state index contributed by atoms with van der Waals surface area (Å²) >= 11 is 0. The highest BCUT2D eigenvalue weighted by Gasteiger charge is 2.46. The van der Waals surface area contributed by atoms with Gasteiger partial charge in [0.25, 0.3) is 0 Å². The lowest BCUT2D eigenvalue weighted by atomic mass is 10.0. The second-order valence-electron chi connectivity index (χ2n) is 6.07. The van der Waals surface area contributed by atoms with Crippen LogP contribution in [0.4, 0.5) is 0 Å². The fraction of sp³-hybridized carbons (Fsp3) is 0.500. The number of sulfone groups is 1. The lowest BCUT2D eigenvalue weighted by Gasteiger charge is -2.07. The van der Waals surface area contributed by atoms with Gasteiger partial charge in [0.1, 0.15) is 0 Å². The second kappa shape index (κ2) is 5.34. The van der Waals surface area contributed by atoms with E-state index < -0.39 is 9.84 Å². The summed E-state index contributed by atoms with van der Waals surface area (Å²) in [5.74, 6) is 0.0171. The molecule has 1 aliphatic heterocycles. The Morgan fingerprint density at radius 1 is 1.30 bits per heavy atom. The summed E-state index contributed by atoms with van der Waals surface area (Å²) in [7, 11) is -3.27. The normalized spacial score (nSPS) is 20.6. The Hall–Kier alpha value is -1.13. The van der Waals surface area contributed by atoms with Crippen LogP contribution in [0.25, 0.3) is 0 Å². The van der Waals surface area contributed by atoms with Crippen LogP contribution in [0, 0.1) is 6.92 Å². The summed E-state index contributed by atoms with van der Waals surface area (Å²) < 4.78 is 30.0. The quantitative estimate of drug-likeness (QED) is 0.597. The van der Waals surface area contributed by atoms with Crippen molar-refractivity contribution in [2.45, 2.75) is 50.2 Å². The fourth-order valence-corrected chi connectivity index (χ4v) is 3.64. The van der Waals surface area contributed by atoms with Gasteiger partial charge in [0, 0.05) is 0 Å². The molecule has 0 spiro atoms. The van der Waals surface area contributed by atoms with Crippen molar-refractivity contribution in [2.75, 3.05) is 5.75 Å². The van der Waals surface area contributed by atoms with Gasteiger partial charge in [-0.2, -0.15) is 0 Å². The minimum absolute atomic E-state index is 0.0171. The van der Waals surface area contributed by atoms with Gasteiger partial charge in [0.2, 0.25) is 0 Å². The molecule has 0 aromatic heterocycles. The Kier molecular flexibility index (Phi) is 4.07. The van der Waals surface area contributed by atoms with Gasteiger partial charge in [0.05, 0.1) is 22.4 Å². The second-order valence-corrected chi connectivity index (χ2v) is 8.06. The van der Waals surface area contributed by atoms with Crippen LogP contribution < -0.4 is 0 Å². The molecule has 1 fully saturated rings. The SMILES string of the molecule is C=C(CCC1OC1(C)C)CS(=O)(=O)c1ccc(C)cc1. The molecule has 0 bridgehead atoms. The molecule has 1 unspecified atom stereocenters. The predicted molar refractivity (Wildman–Crippen MR) is 80.6 cm³/mol. The zero-order valence-corrected chi connectivity index (χ0v) is 13.2. The van der Waals surface area contributed by atoms with E-state index in [2.05, 4.69) is 6.58 Å². The van der Waals surface area contributed by atoms with Crippen molar-refractivity contribution in [3.05, 3.63) is 42.0 Å². The van der Waals surface area contributed by atoms with Gasteiger partial charge in [0.15, 0.2) is 9.84 Å². The molecular formula is C16H22O3S. The number of hydrogen-bond acceptors (Lipinski definition) is 3. The molecule has 0 aliphatic carbocycles. The maximum atomic E-state index is 12.2. The zero-order chi connectivity index (χ0) is 15.0. The van der Waals surface area contributed by atoms with Crippen molar-refractivity contribution in [2.24, 2.45) is 0 Å². The average molecular weight is 294 g/mol. The van der Waals surface area contributed by atoms with E-state index in [0.717, 1.165) is 17.6 Å². The summed E-state index contributed by atoms with van der Waals surface area (Å²) in [5, 5.41) is 0. The van der Waals surface area contributed by atoms with Crippen LogP contribution in [0.2, 0.25) is 0 Å². The molecule has 4 heteroatoms. The molecule has 20 heavy (non-hydrogen) atoms. The Morgan fingerprint density at radius 2 is 1.85 bits per heavy atom. The number of benzene rings is 1. The van der Waals surface area contributed by atoms with E-state index >= 15 is 0 Å². The van der Waals surface area contributed by atoms with E-state index in [4.69, 9.17) is 4.74 Å². The number of aryl methyl sites for hydroxylation is 1. The topological polar surface area (TPSA) is 46.7 Å². The van der Waals surface area contributed by atoms with Gasteiger partial charge in [-0.25, -0.2) is 8.42 Å². The van der Waals surface area contributed by atoms with Gasteiger partial charge >= 0.3 is 0 Å². The van der Waals surface area contributed by atoms with Crippen molar-refractivity contribution in [3.63, 3.8) is 0 Å². The standard InChI is InChI=1S/C16H22O3S/c1-12-5-8-14(9-6-12)20(17,18)11-13(2)7-10-15-16(3,4)19-15/h5-6,8-9,15H,2,7,10-11H2,1,3-4H3. The number of ether oxygens (including phenoxy) is 1. The summed E-state index contributed by atoms with van der Waals surface area (Å²) in [4.78, 5) is 0.368. The van der Waals surface area contributed by atoms with Crippen molar-refractivity contribution in [3.8, 4) is 0 Å². The number of rotatable bonds is 6. The molecular weight excluding hydrogens is 272 g/mol. The third-order valence-electron chi connectivity index (χ3n) is 3.70. The lowest BCUT2D eigenvalue weighted by molar-refractivity contribution is 0.320. The van der Waals surface area contributed by atoms with Crippen LogP contribution in [0.3, 0.4) is 0 Å². The van der Waals surface area contributed by atoms with E-state index in [1.54, 1.807) is 12.1 Å². The number of epoxide rings is 1. The van der Waals surface area contributed by atoms with Gasteiger partial charge in [-0.05, 0) is 45.7 Å². The first-order valence-electron chi connectivity index (χ1n) is 6.84. The van der Waals surface area contributed by atoms with E-state index in [0.29, 0.717) is 11.3 Å². The molecule has 1 atom stereocenters. The Bertz CT molecular complexity index is 597. The van der Waals surface area contributed by atoms with Crippen LogP contribution in [-0.2, 0) is 14.6 Å². The van der Waals surface area contributed by atoms with Crippen LogP contribution in [0.1, 0.15) is 32.3 Å². The minimum Gasteiger partial charge on any atom is -0.367 e. The molecule has 1 saturated heterocycles. The van der Waals surface area contributed by atoms with Crippen LogP contribution in [-0.4, -0.2) is 25.9 Å². The van der Waals surface area contributed by atoms with E-state index in [-0.39, 0.29) is 17.5 Å². The van der Waals surface area contributed by atoms with E-state index in [1.807, 2.05) is 32.9 Å². The smallest absolute Gasteiger partial charge is 0.182 e. The molecule has 110 valence electrons. The zero-order valence-electron chi connectivity index (χ0n) is 12.3. The molecule has 3 nitrogen and oxygen atoms in total. The summed E-state index contributed by atoms with van der Waals surface area (Å²) in [5.41, 5.74) is 1.75. The lowest BCUT2D eigenvalue weighted by Crippen LogP contribution is -2.10. The maximum Gasteiger partial charge on any atom is 0.182 e. The first-order chi connectivity index (χ1) is 9.21. The van der Waals surface area contributed by atoms with Crippen molar-refractivity contribution < 1.29 is 13.2 Å². The number of hydrogen-bond donors (Lipinski definition) is 0. The van der Waals surface area contributed by atoms with E-state index in [9.17, 15) is 8.42 Å². The first-order valence-corrected chi connectivity index (χ1v) is 8.50. The van der Waals surface area contributed by atoms with Crippen LogP contribution in [0.15, 0.2) is 41.3 Å². The largest absolute Gasteiger partial charge is 0.367 e. The van der Waals surface area contributed by atoms with Crippen molar-refractivity contribution in [1.82, 2.24) is 0 Å². The van der Waals surface area contributed by atoms with E-state index in [1.165, 1.54) is 0 Å². The highest BCUT2D eigenvalue weighted by Crippen LogP contribution is 2.39. The fourth-order valence-electron chi connectivity index (χ4n) is 2.24. The molecule has 0 radical (unpaired) electrons. The van der Waals surface area contributed by atoms with Gasteiger partial charge < -0.3 is 4.74 Å². The molecule has 2 rings (SSSR count). The minimum atomic E-state index is -3.27. The molecule has 1 aliphatic rings. The van der Waals surface area contributed by atoms with Crippen molar-refractivity contribution >= 4 is 9.84 Å². The monoisotopic (exact) mass is 294 g/mol. The van der Waals surface area contributed by atoms with Crippen molar-refractivity contribution in [1.29, 1.82) is 0 Å². The first kappa shape index (κ1) is 15.3. The van der Waals surface area contributed by atoms with Gasteiger partial charge in [-0.15, -0.1) is 0 Å². The molecule has 0 saturated carbocycles. The third kappa shape index (κ3) is 3.70. The van der Waals surface area contributed by atoms with Gasteiger partial charge in [-0.3, -0.25) is 0 Å². The molecule has 1 heterocycles. The highest BCUT2D eigenvalue weighted by atomic mass is 32.2.